The fourth-order valence-corrected chi connectivity index (χ4v) is 3.17. The first kappa shape index (κ1) is 19.9. The molecule has 7 nitrogen and oxygen atoms in total. The van der Waals surface area contributed by atoms with Crippen LogP contribution in [0.3, 0.4) is 0 Å². The third kappa shape index (κ3) is 5.04. The van der Waals surface area contributed by atoms with Crippen LogP contribution in [0.4, 0.5) is 5.69 Å². The van der Waals surface area contributed by atoms with Crippen LogP contribution >= 0.6 is 11.6 Å². The van der Waals surface area contributed by atoms with Gasteiger partial charge in [-0.25, -0.2) is 17.9 Å². The van der Waals surface area contributed by atoms with E-state index in [0.717, 1.165) is 5.56 Å². The van der Waals surface area contributed by atoms with E-state index in [4.69, 9.17) is 11.6 Å². The number of nitrogens with one attached hydrogen (secondary N) is 2. The number of carbonyl (C=O) groups excluding carboxylic acids is 2. The summed E-state index contributed by atoms with van der Waals surface area (Å²) in [5, 5.41) is 2.66. The topological polar surface area (TPSA) is 102 Å². The molecule has 2 N–H and O–H groups in total. The lowest BCUT2D eigenvalue weighted by atomic mass is 10.2. The summed E-state index contributed by atoms with van der Waals surface area (Å²) in [6.07, 6.45) is 0. The summed E-state index contributed by atoms with van der Waals surface area (Å²) in [4.78, 5) is 23.6. The smallest absolute Gasteiger partial charge is 0.337 e. The Kier molecular flexibility index (Phi) is 6.36. The van der Waals surface area contributed by atoms with Gasteiger partial charge in [0, 0.05) is 0 Å². The number of hydrogen-bond donors (Lipinski definition) is 2. The number of rotatable bonds is 6. The summed E-state index contributed by atoms with van der Waals surface area (Å²) < 4.78 is 31.1. The minimum Gasteiger partial charge on any atom is -0.465 e. The normalized spacial score (nSPS) is 11.0. The zero-order chi connectivity index (χ0) is 19.3. The molecule has 0 atom stereocenters. The maximum Gasteiger partial charge on any atom is 0.337 e. The van der Waals surface area contributed by atoms with E-state index in [1.54, 1.807) is 12.1 Å². The molecule has 26 heavy (non-hydrogen) atoms. The first-order valence-corrected chi connectivity index (χ1v) is 9.33. The average Bonchev–Trinajstić information content (AvgIpc) is 2.61. The molecule has 0 aliphatic carbocycles. The Hall–Kier alpha value is -2.42. The highest BCUT2D eigenvalue weighted by atomic mass is 35.5. The van der Waals surface area contributed by atoms with Gasteiger partial charge < -0.3 is 10.1 Å². The van der Waals surface area contributed by atoms with Gasteiger partial charge in [-0.1, -0.05) is 29.3 Å². The summed E-state index contributed by atoms with van der Waals surface area (Å²) >= 11 is 5.98. The van der Waals surface area contributed by atoms with Crippen molar-refractivity contribution in [3.63, 3.8) is 0 Å². The Labute approximate surface area is 156 Å². The molecule has 0 radical (unpaired) electrons. The zero-order valence-electron chi connectivity index (χ0n) is 14.1. The second-order valence-electron chi connectivity index (χ2n) is 5.37. The van der Waals surface area contributed by atoms with Crippen molar-refractivity contribution >= 4 is 39.2 Å². The lowest BCUT2D eigenvalue weighted by Crippen LogP contribution is -2.33. The molecule has 2 aromatic rings. The molecule has 0 saturated carbocycles. The molecule has 0 aliphatic rings. The number of halogens is 1. The molecule has 0 aromatic heterocycles. The van der Waals surface area contributed by atoms with E-state index in [-0.39, 0.29) is 21.2 Å². The van der Waals surface area contributed by atoms with Crippen molar-refractivity contribution in [1.29, 1.82) is 0 Å². The maximum absolute atomic E-state index is 12.2. The van der Waals surface area contributed by atoms with Crippen LogP contribution < -0.4 is 10.0 Å². The summed E-state index contributed by atoms with van der Waals surface area (Å²) in [5.41, 5.74) is 1.29. The van der Waals surface area contributed by atoms with Crippen LogP contribution in [0.15, 0.2) is 47.4 Å². The number of anilines is 1. The average molecular weight is 397 g/mol. The van der Waals surface area contributed by atoms with Crippen LogP contribution in [-0.2, 0) is 19.6 Å². The standard InChI is InChI=1S/C17H17ClN2O5S/c1-11-3-6-13(7-4-11)26(23,24)19-10-16(21)20-15-9-12(17(22)25-2)5-8-14(15)18/h3-9,19H,10H2,1-2H3,(H,20,21). The molecule has 0 aliphatic heterocycles. The predicted molar refractivity (Wildman–Crippen MR) is 97.8 cm³/mol. The number of esters is 1. The number of ether oxygens (including phenoxy) is 1. The molecule has 0 saturated heterocycles. The maximum atomic E-state index is 12.2. The van der Waals surface area contributed by atoms with Crippen LogP contribution in [0.5, 0.6) is 0 Å². The molecule has 2 aromatic carbocycles. The molecule has 138 valence electrons. The molecule has 2 rings (SSSR count). The second kappa shape index (κ2) is 8.31. The first-order chi connectivity index (χ1) is 12.2. The molecule has 0 unspecified atom stereocenters. The zero-order valence-corrected chi connectivity index (χ0v) is 15.6. The van der Waals surface area contributed by atoms with Crippen molar-refractivity contribution in [2.45, 2.75) is 11.8 Å². The van der Waals surface area contributed by atoms with E-state index in [1.807, 2.05) is 6.92 Å². The van der Waals surface area contributed by atoms with E-state index in [1.165, 1.54) is 37.4 Å². The van der Waals surface area contributed by atoms with E-state index >= 15 is 0 Å². The van der Waals surface area contributed by atoms with Gasteiger partial charge in [0.2, 0.25) is 15.9 Å². The van der Waals surface area contributed by atoms with Gasteiger partial charge >= 0.3 is 5.97 Å². The number of benzene rings is 2. The molecule has 0 bridgehead atoms. The molecular weight excluding hydrogens is 380 g/mol. The van der Waals surface area contributed by atoms with E-state index in [2.05, 4.69) is 14.8 Å². The minimum atomic E-state index is -3.82. The molecule has 1 amide bonds. The number of methoxy groups -OCH3 is 1. The van der Waals surface area contributed by atoms with Crippen molar-refractivity contribution in [3.8, 4) is 0 Å². The number of sulfonamides is 1. The number of carbonyl (C=O) groups is 2. The van der Waals surface area contributed by atoms with E-state index in [0.29, 0.717) is 0 Å². The van der Waals surface area contributed by atoms with E-state index in [9.17, 15) is 18.0 Å². The predicted octanol–water partition coefficient (Wildman–Crippen LogP) is 2.35. The van der Waals surface area contributed by atoms with Gasteiger partial charge in [-0.05, 0) is 37.3 Å². The largest absolute Gasteiger partial charge is 0.465 e. The van der Waals surface area contributed by atoms with Crippen LogP contribution in [0.1, 0.15) is 15.9 Å². The third-order valence-electron chi connectivity index (χ3n) is 3.42. The highest BCUT2D eigenvalue weighted by Gasteiger charge is 2.16. The second-order valence-corrected chi connectivity index (χ2v) is 7.55. The summed E-state index contributed by atoms with van der Waals surface area (Å²) in [6, 6.07) is 10.4. The SMILES string of the molecule is COC(=O)c1ccc(Cl)c(NC(=O)CNS(=O)(=O)c2ccc(C)cc2)c1. The van der Waals surface area contributed by atoms with Gasteiger partial charge in [-0.15, -0.1) is 0 Å². The quantitative estimate of drug-likeness (QED) is 0.730. The Morgan fingerprint density at radius 3 is 2.38 bits per heavy atom. The number of amides is 1. The number of hydrogen-bond acceptors (Lipinski definition) is 5. The van der Waals surface area contributed by atoms with Crippen LogP contribution in [0.25, 0.3) is 0 Å². The lowest BCUT2D eigenvalue weighted by Gasteiger charge is -2.10. The van der Waals surface area contributed by atoms with Gasteiger partial charge in [0.15, 0.2) is 0 Å². The highest BCUT2D eigenvalue weighted by molar-refractivity contribution is 7.89. The fraction of sp³-hybridized carbons (Fsp3) is 0.176. The molecule has 9 heteroatoms. The molecule has 0 heterocycles. The van der Waals surface area contributed by atoms with Crippen molar-refractivity contribution in [1.82, 2.24) is 4.72 Å². The minimum absolute atomic E-state index is 0.0571. The molecule has 0 fully saturated rings. The van der Waals surface area contributed by atoms with Gasteiger partial charge in [-0.2, -0.15) is 0 Å². The van der Waals surface area contributed by atoms with Gasteiger partial charge in [0.1, 0.15) is 0 Å². The van der Waals surface area contributed by atoms with Crippen molar-refractivity contribution in [2.24, 2.45) is 0 Å². The number of aryl methyl sites for hydroxylation is 1. The van der Waals surface area contributed by atoms with Gasteiger partial charge in [0.25, 0.3) is 0 Å². The van der Waals surface area contributed by atoms with E-state index < -0.39 is 28.4 Å². The Balaban J connectivity index is 2.05. The van der Waals surface area contributed by atoms with Gasteiger partial charge in [0.05, 0.1) is 34.8 Å². The third-order valence-corrected chi connectivity index (χ3v) is 5.16. The monoisotopic (exact) mass is 396 g/mol. The Bertz CT molecular complexity index is 927. The summed E-state index contributed by atoms with van der Waals surface area (Å²) in [6.45, 7) is 1.35. The van der Waals surface area contributed by atoms with Crippen molar-refractivity contribution in [2.75, 3.05) is 19.0 Å². The Morgan fingerprint density at radius 2 is 1.77 bits per heavy atom. The van der Waals surface area contributed by atoms with Crippen molar-refractivity contribution in [3.05, 3.63) is 58.6 Å². The molecular formula is C17H17ClN2O5S. The van der Waals surface area contributed by atoms with Crippen LogP contribution in [-0.4, -0.2) is 33.9 Å². The van der Waals surface area contributed by atoms with Crippen molar-refractivity contribution < 1.29 is 22.7 Å². The van der Waals surface area contributed by atoms with Gasteiger partial charge in [-0.3, -0.25) is 4.79 Å². The summed E-state index contributed by atoms with van der Waals surface area (Å²) in [7, 11) is -2.59. The Morgan fingerprint density at radius 1 is 1.12 bits per heavy atom. The molecule has 0 spiro atoms. The highest BCUT2D eigenvalue weighted by Crippen LogP contribution is 2.23. The van der Waals surface area contributed by atoms with Crippen LogP contribution in [0.2, 0.25) is 5.02 Å². The lowest BCUT2D eigenvalue weighted by molar-refractivity contribution is -0.115. The fourth-order valence-electron chi connectivity index (χ4n) is 2.02. The first-order valence-electron chi connectivity index (χ1n) is 7.47. The van der Waals surface area contributed by atoms with Crippen LogP contribution in [0, 0.1) is 6.92 Å². The summed E-state index contributed by atoms with van der Waals surface area (Å²) in [5.74, 6) is -1.22.